The fraction of sp³-hybridized carbons (Fsp3) is 0. The molecule has 58 heavy (non-hydrogen) atoms. The minimum Gasteiger partial charge on any atom is -0.455 e. The lowest BCUT2D eigenvalue weighted by atomic mass is 9.94. The molecule has 0 aliphatic heterocycles. The van der Waals surface area contributed by atoms with Crippen molar-refractivity contribution in [2.24, 2.45) is 0 Å². The minimum atomic E-state index is 0.864. The lowest BCUT2D eigenvalue weighted by Crippen LogP contribution is -2.11. The van der Waals surface area contributed by atoms with E-state index in [-0.39, 0.29) is 0 Å². The van der Waals surface area contributed by atoms with Gasteiger partial charge in [-0.25, -0.2) is 0 Å². The summed E-state index contributed by atoms with van der Waals surface area (Å²) in [5, 5.41) is 7.00. The van der Waals surface area contributed by atoms with Crippen molar-refractivity contribution in [3.05, 3.63) is 224 Å². The molecule has 0 N–H and O–H groups in total. The first-order valence-corrected chi connectivity index (χ1v) is 19.8. The van der Waals surface area contributed by atoms with E-state index in [0.717, 1.165) is 66.8 Å². The molecule has 0 saturated heterocycles. The molecule has 0 radical (unpaired) electrons. The monoisotopic (exact) mass is 739 g/mol. The van der Waals surface area contributed by atoms with Gasteiger partial charge in [-0.2, -0.15) is 0 Å². The maximum absolute atomic E-state index is 6.90. The molecule has 0 amide bonds. The third-order valence-electron chi connectivity index (χ3n) is 11.5. The van der Waals surface area contributed by atoms with E-state index < -0.39 is 0 Å². The van der Waals surface area contributed by atoms with Gasteiger partial charge < -0.3 is 9.32 Å². The highest BCUT2D eigenvalue weighted by Gasteiger charge is 2.24. The van der Waals surface area contributed by atoms with E-state index in [1.165, 1.54) is 38.2 Å². The Bertz CT molecular complexity index is 3260. The van der Waals surface area contributed by atoms with Crippen molar-refractivity contribution in [3.63, 3.8) is 0 Å². The Labute approximate surface area is 337 Å². The van der Waals surface area contributed by atoms with Crippen LogP contribution in [0.15, 0.2) is 229 Å². The summed E-state index contributed by atoms with van der Waals surface area (Å²) in [5.74, 6) is 0. The van der Waals surface area contributed by atoms with Crippen LogP contribution in [-0.4, -0.2) is 0 Å². The molecule has 2 heteroatoms. The van der Waals surface area contributed by atoms with Gasteiger partial charge in [-0.3, -0.25) is 0 Å². The molecule has 0 atom stereocenters. The Hall–Kier alpha value is -7.68. The van der Waals surface area contributed by atoms with Crippen LogP contribution in [0.2, 0.25) is 0 Å². The zero-order valence-corrected chi connectivity index (χ0v) is 31.7. The number of furan rings is 1. The van der Waals surface area contributed by atoms with E-state index in [1.807, 2.05) is 0 Å². The predicted molar refractivity (Wildman–Crippen MR) is 245 cm³/mol. The van der Waals surface area contributed by atoms with Crippen LogP contribution in [0, 0.1) is 0 Å². The zero-order valence-electron chi connectivity index (χ0n) is 31.7. The topological polar surface area (TPSA) is 16.4 Å². The number of anilines is 3. The lowest BCUT2D eigenvalue weighted by molar-refractivity contribution is 0.670. The number of hydrogen-bond donors (Lipinski definition) is 0. The van der Waals surface area contributed by atoms with Crippen molar-refractivity contribution in [2.75, 3.05) is 4.90 Å². The summed E-state index contributed by atoms with van der Waals surface area (Å²) >= 11 is 0. The number of benzene rings is 10. The van der Waals surface area contributed by atoms with Crippen molar-refractivity contribution in [1.29, 1.82) is 0 Å². The molecule has 0 unspecified atom stereocenters. The van der Waals surface area contributed by atoms with Crippen LogP contribution >= 0.6 is 0 Å². The van der Waals surface area contributed by atoms with Gasteiger partial charge in [0.05, 0.1) is 16.8 Å². The molecule has 11 aromatic rings. The number of nitrogens with zero attached hydrogens (tertiary/aromatic N) is 1. The highest BCUT2D eigenvalue weighted by Crippen LogP contribution is 2.49. The second-order valence-corrected chi connectivity index (χ2v) is 14.9. The fourth-order valence-electron chi connectivity index (χ4n) is 8.64. The lowest BCUT2D eigenvalue weighted by Gasteiger charge is -2.29. The maximum atomic E-state index is 6.90. The first-order valence-electron chi connectivity index (χ1n) is 19.8. The number of hydrogen-bond acceptors (Lipinski definition) is 2. The number of rotatable bonds is 7. The number of fused-ring (bicyclic) bond motifs is 5. The Morgan fingerprint density at radius 3 is 1.67 bits per heavy atom. The first-order chi connectivity index (χ1) is 28.8. The van der Waals surface area contributed by atoms with E-state index in [9.17, 15) is 0 Å². The third-order valence-corrected chi connectivity index (χ3v) is 11.5. The van der Waals surface area contributed by atoms with Gasteiger partial charge in [0.15, 0.2) is 0 Å². The zero-order chi connectivity index (χ0) is 38.4. The van der Waals surface area contributed by atoms with E-state index in [2.05, 4.69) is 229 Å². The van der Waals surface area contributed by atoms with Crippen LogP contribution in [0.4, 0.5) is 17.1 Å². The quantitative estimate of drug-likeness (QED) is 0.162. The number of para-hydroxylation sites is 2. The minimum absolute atomic E-state index is 0.864. The molecule has 272 valence electrons. The molecule has 0 saturated carbocycles. The summed E-state index contributed by atoms with van der Waals surface area (Å²) < 4.78 is 6.90. The standard InChI is InChI=1S/C56H37NO/c1-2-13-38(14-3-1)40-25-27-41(28-26-40)42-31-33-46(34-32-42)57(52-23-10-8-20-48(52)45-30-29-39-15-4-5-17-44(39)37-45)53-36-35-50(49-22-12-18-43-16-6-7-19-47(43)49)56-55(53)51-21-9-11-24-54(51)58-56/h1-37H. The average Bonchev–Trinajstić information content (AvgIpc) is 3.70. The summed E-state index contributed by atoms with van der Waals surface area (Å²) in [7, 11) is 0. The van der Waals surface area contributed by atoms with E-state index in [1.54, 1.807) is 0 Å². The van der Waals surface area contributed by atoms with Crippen molar-refractivity contribution in [3.8, 4) is 44.5 Å². The predicted octanol–water partition coefficient (Wildman–Crippen LogP) is 16.0. The summed E-state index contributed by atoms with van der Waals surface area (Å²) in [6, 6.07) is 80.6. The molecule has 11 rings (SSSR count). The molecular formula is C56H37NO. The molecular weight excluding hydrogens is 703 g/mol. The Morgan fingerprint density at radius 2 is 0.879 bits per heavy atom. The largest absolute Gasteiger partial charge is 0.455 e. The summed E-state index contributed by atoms with van der Waals surface area (Å²) in [4.78, 5) is 2.42. The highest BCUT2D eigenvalue weighted by molar-refractivity contribution is 6.19. The Kier molecular flexibility index (Phi) is 8.19. The third kappa shape index (κ3) is 5.82. The Morgan fingerprint density at radius 1 is 0.310 bits per heavy atom. The van der Waals surface area contributed by atoms with Crippen LogP contribution in [0.3, 0.4) is 0 Å². The van der Waals surface area contributed by atoms with E-state index in [4.69, 9.17) is 4.42 Å². The normalized spacial score (nSPS) is 11.4. The molecule has 1 heterocycles. The van der Waals surface area contributed by atoms with Gasteiger partial charge in [0.2, 0.25) is 0 Å². The molecule has 1 aromatic heterocycles. The van der Waals surface area contributed by atoms with Gasteiger partial charge in [-0.15, -0.1) is 0 Å². The molecule has 0 bridgehead atoms. The van der Waals surface area contributed by atoms with E-state index >= 15 is 0 Å². The fourth-order valence-corrected chi connectivity index (χ4v) is 8.64. The summed E-state index contributed by atoms with van der Waals surface area (Å²) in [5.41, 5.74) is 14.2. The van der Waals surface area contributed by atoms with Gasteiger partial charge in [0, 0.05) is 22.2 Å². The van der Waals surface area contributed by atoms with Gasteiger partial charge >= 0.3 is 0 Å². The molecule has 0 aliphatic carbocycles. The van der Waals surface area contributed by atoms with Gasteiger partial charge in [0.1, 0.15) is 11.2 Å². The maximum Gasteiger partial charge on any atom is 0.145 e. The van der Waals surface area contributed by atoms with Gasteiger partial charge in [0.25, 0.3) is 0 Å². The van der Waals surface area contributed by atoms with Crippen LogP contribution in [0.1, 0.15) is 0 Å². The highest BCUT2D eigenvalue weighted by atomic mass is 16.3. The van der Waals surface area contributed by atoms with Gasteiger partial charge in [-0.1, -0.05) is 182 Å². The van der Waals surface area contributed by atoms with Crippen LogP contribution in [0.5, 0.6) is 0 Å². The molecule has 2 nitrogen and oxygen atoms in total. The Balaban J connectivity index is 1.12. The van der Waals surface area contributed by atoms with Crippen molar-refractivity contribution in [2.45, 2.75) is 0 Å². The molecule has 0 aliphatic rings. The van der Waals surface area contributed by atoms with E-state index in [0.29, 0.717) is 0 Å². The van der Waals surface area contributed by atoms with Crippen molar-refractivity contribution in [1.82, 2.24) is 0 Å². The first kappa shape index (κ1) is 33.6. The smallest absolute Gasteiger partial charge is 0.145 e. The van der Waals surface area contributed by atoms with Crippen molar-refractivity contribution < 1.29 is 4.42 Å². The second-order valence-electron chi connectivity index (χ2n) is 14.9. The molecule has 10 aromatic carbocycles. The van der Waals surface area contributed by atoms with Crippen LogP contribution in [-0.2, 0) is 0 Å². The molecule has 0 fully saturated rings. The van der Waals surface area contributed by atoms with Crippen LogP contribution < -0.4 is 4.90 Å². The SMILES string of the molecule is c1ccc(-c2ccc(-c3ccc(N(c4ccccc4-c4ccc5ccccc5c4)c4ccc(-c5cccc6ccccc56)c5oc6ccccc6c45)cc3)cc2)cc1. The van der Waals surface area contributed by atoms with Gasteiger partial charge in [-0.05, 0) is 97.4 Å². The second kappa shape index (κ2) is 14.1. The molecule has 0 spiro atoms. The summed E-state index contributed by atoms with van der Waals surface area (Å²) in [6.45, 7) is 0. The van der Waals surface area contributed by atoms with Crippen LogP contribution in [0.25, 0.3) is 88.0 Å². The summed E-state index contributed by atoms with van der Waals surface area (Å²) in [6.07, 6.45) is 0. The van der Waals surface area contributed by atoms with Crippen molar-refractivity contribution >= 4 is 60.5 Å². The average molecular weight is 740 g/mol.